The standard InChI is InChI=1S/C28H27Cl2NO5/c1-28(27(33)36-23-6-4-5-21(30)15-23)14-13-24(18-7-10-20(29)11-8-18)31(26(28)32)17-19-9-12-22(34-2)16-25(19)35-3/h4-12,15-16,24H,13-14,17H2,1-3H3. The summed E-state index contributed by atoms with van der Waals surface area (Å²) in [4.78, 5) is 29.1. The summed E-state index contributed by atoms with van der Waals surface area (Å²) in [5.41, 5.74) is 0.355. The second kappa shape index (κ2) is 10.8. The van der Waals surface area contributed by atoms with E-state index in [1.54, 1.807) is 68.5 Å². The van der Waals surface area contributed by atoms with Gasteiger partial charge in [-0.05, 0) is 67.8 Å². The van der Waals surface area contributed by atoms with Gasteiger partial charge in [-0.3, -0.25) is 9.59 Å². The summed E-state index contributed by atoms with van der Waals surface area (Å²) in [6, 6.07) is 19.2. The van der Waals surface area contributed by atoms with E-state index in [0.717, 1.165) is 11.1 Å². The third kappa shape index (κ3) is 5.30. The number of carbonyl (C=O) groups excluding carboxylic acids is 2. The van der Waals surface area contributed by atoms with Crippen LogP contribution in [-0.2, 0) is 16.1 Å². The molecule has 0 bridgehead atoms. The van der Waals surface area contributed by atoms with E-state index in [0.29, 0.717) is 40.1 Å². The maximum absolute atomic E-state index is 14.0. The number of rotatable bonds is 7. The number of methoxy groups -OCH3 is 2. The first-order valence-corrected chi connectivity index (χ1v) is 12.3. The van der Waals surface area contributed by atoms with Crippen LogP contribution in [0.1, 0.15) is 36.9 Å². The van der Waals surface area contributed by atoms with E-state index in [1.807, 2.05) is 24.3 Å². The van der Waals surface area contributed by atoms with E-state index >= 15 is 0 Å². The predicted octanol–water partition coefficient (Wildman–Crippen LogP) is 6.49. The Hall–Kier alpha value is -3.22. The normalized spacial score (nSPS) is 19.6. The van der Waals surface area contributed by atoms with Crippen molar-refractivity contribution in [3.63, 3.8) is 0 Å². The molecule has 2 unspecified atom stereocenters. The van der Waals surface area contributed by atoms with Crippen LogP contribution < -0.4 is 14.2 Å². The summed E-state index contributed by atoms with van der Waals surface area (Å²) < 4.78 is 16.5. The summed E-state index contributed by atoms with van der Waals surface area (Å²) in [5.74, 6) is 0.592. The minimum absolute atomic E-state index is 0.235. The minimum Gasteiger partial charge on any atom is -0.497 e. The van der Waals surface area contributed by atoms with Gasteiger partial charge in [-0.15, -0.1) is 0 Å². The summed E-state index contributed by atoms with van der Waals surface area (Å²) in [5, 5.41) is 1.05. The van der Waals surface area contributed by atoms with Gasteiger partial charge in [0.1, 0.15) is 22.7 Å². The molecule has 4 rings (SSSR count). The molecule has 0 radical (unpaired) electrons. The van der Waals surface area contributed by atoms with Crippen LogP contribution in [0.2, 0.25) is 10.0 Å². The molecule has 1 aliphatic rings. The van der Waals surface area contributed by atoms with Crippen molar-refractivity contribution in [1.29, 1.82) is 0 Å². The number of esters is 1. The zero-order valence-electron chi connectivity index (χ0n) is 20.3. The molecule has 36 heavy (non-hydrogen) atoms. The van der Waals surface area contributed by atoms with Crippen molar-refractivity contribution in [2.75, 3.05) is 14.2 Å². The molecule has 6 nitrogen and oxygen atoms in total. The summed E-state index contributed by atoms with van der Waals surface area (Å²) >= 11 is 12.2. The molecule has 0 aromatic heterocycles. The molecule has 1 aliphatic heterocycles. The summed E-state index contributed by atoms with van der Waals surface area (Å²) in [6.07, 6.45) is 0.891. The molecule has 0 saturated carbocycles. The van der Waals surface area contributed by atoms with Gasteiger partial charge in [0.2, 0.25) is 5.91 Å². The molecule has 8 heteroatoms. The van der Waals surface area contributed by atoms with Gasteiger partial charge in [0.25, 0.3) is 0 Å². The van der Waals surface area contributed by atoms with Gasteiger partial charge in [-0.25, -0.2) is 0 Å². The van der Waals surface area contributed by atoms with Crippen LogP contribution in [0.5, 0.6) is 17.2 Å². The fourth-order valence-electron chi connectivity index (χ4n) is 4.47. The zero-order valence-corrected chi connectivity index (χ0v) is 21.8. The van der Waals surface area contributed by atoms with Gasteiger partial charge in [-0.1, -0.05) is 41.4 Å². The first kappa shape index (κ1) is 25.9. The number of likely N-dealkylation sites (tertiary alicyclic amines) is 1. The third-order valence-electron chi connectivity index (χ3n) is 6.57. The first-order chi connectivity index (χ1) is 17.2. The zero-order chi connectivity index (χ0) is 25.9. The number of benzene rings is 3. The molecule has 0 aliphatic carbocycles. The molecular formula is C28H27Cl2NO5. The van der Waals surface area contributed by atoms with E-state index in [2.05, 4.69) is 0 Å². The van der Waals surface area contributed by atoms with Gasteiger partial charge in [0, 0.05) is 28.2 Å². The Morgan fingerprint density at radius 3 is 2.39 bits per heavy atom. The highest BCUT2D eigenvalue weighted by molar-refractivity contribution is 6.31. The van der Waals surface area contributed by atoms with Crippen LogP contribution in [0.25, 0.3) is 0 Å². The van der Waals surface area contributed by atoms with Gasteiger partial charge >= 0.3 is 5.97 Å². The van der Waals surface area contributed by atoms with Gasteiger partial charge in [0.05, 0.1) is 20.3 Å². The minimum atomic E-state index is -1.37. The van der Waals surface area contributed by atoms with Crippen molar-refractivity contribution in [3.05, 3.63) is 87.9 Å². The van der Waals surface area contributed by atoms with Crippen LogP contribution in [0.15, 0.2) is 66.7 Å². The second-order valence-electron chi connectivity index (χ2n) is 8.90. The summed E-state index contributed by atoms with van der Waals surface area (Å²) in [6.45, 7) is 1.87. The average Bonchev–Trinajstić information content (AvgIpc) is 2.87. The molecular weight excluding hydrogens is 501 g/mol. The summed E-state index contributed by atoms with van der Waals surface area (Å²) in [7, 11) is 3.15. The van der Waals surface area contributed by atoms with Crippen molar-refractivity contribution in [1.82, 2.24) is 4.90 Å². The van der Waals surface area contributed by atoms with Crippen LogP contribution in [-0.4, -0.2) is 31.0 Å². The van der Waals surface area contributed by atoms with Crippen molar-refractivity contribution < 1.29 is 23.8 Å². The maximum Gasteiger partial charge on any atom is 0.326 e. The Bertz CT molecular complexity index is 1260. The lowest BCUT2D eigenvalue weighted by molar-refractivity contribution is -0.164. The van der Waals surface area contributed by atoms with Crippen LogP contribution in [0.3, 0.4) is 0 Å². The van der Waals surface area contributed by atoms with Crippen molar-refractivity contribution in [3.8, 4) is 17.2 Å². The molecule has 1 heterocycles. The van der Waals surface area contributed by atoms with E-state index in [9.17, 15) is 9.59 Å². The fraction of sp³-hybridized carbons (Fsp3) is 0.286. The highest BCUT2D eigenvalue weighted by Gasteiger charge is 2.51. The number of piperidine rings is 1. The van der Waals surface area contributed by atoms with Crippen molar-refractivity contribution in [2.45, 2.75) is 32.4 Å². The highest BCUT2D eigenvalue weighted by Crippen LogP contribution is 2.43. The number of nitrogens with zero attached hydrogens (tertiary/aromatic N) is 1. The molecule has 3 aromatic carbocycles. The predicted molar refractivity (Wildman–Crippen MR) is 139 cm³/mol. The largest absolute Gasteiger partial charge is 0.497 e. The Labute approximate surface area is 220 Å². The molecule has 2 atom stereocenters. The topological polar surface area (TPSA) is 65.1 Å². The van der Waals surface area contributed by atoms with Crippen LogP contribution in [0.4, 0.5) is 0 Å². The molecule has 188 valence electrons. The van der Waals surface area contributed by atoms with Gasteiger partial charge < -0.3 is 19.1 Å². The second-order valence-corrected chi connectivity index (χ2v) is 9.77. The number of hydrogen-bond donors (Lipinski definition) is 0. The first-order valence-electron chi connectivity index (χ1n) is 11.5. The van der Waals surface area contributed by atoms with E-state index in [4.69, 9.17) is 37.4 Å². The van der Waals surface area contributed by atoms with Gasteiger partial charge in [-0.2, -0.15) is 0 Å². The quantitative estimate of drug-likeness (QED) is 0.199. The number of hydrogen-bond acceptors (Lipinski definition) is 5. The monoisotopic (exact) mass is 527 g/mol. The smallest absolute Gasteiger partial charge is 0.326 e. The Kier molecular flexibility index (Phi) is 7.76. The molecule has 1 amide bonds. The molecule has 0 spiro atoms. The Morgan fingerprint density at radius 2 is 1.72 bits per heavy atom. The number of amides is 1. The molecule has 1 saturated heterocycles. The number of halogens is 2. The fourth-order valence-corrected chi connectivity index (χ4v) is 4.77. The average molecular weight is 528 g/mol. The molecule has 0 N–H and O–H groups in total. The maximum atomic E-state index is 14.0. The van der Waals surface area contributed by atoms with Crippen LogP contribution >= 0.6 is 23.2 Å². The molecule has 3 aromatic rings. The molecule has 1 fully saturated rings. The lowest BCUT2D eigenvalue weighted by Crippen LogP contribution is -2.53. The highest BCUT2D eigenvalue weighted by atomic mass is 35.5. The van der Waals surface area contributed by atoms with E-state index in [1.165, 1.54) is 0 Å². The van der Waals surface area contributed by atoms with Crippen molar-refractivity contribution in [2.24, 2.45) is 5.41 Å². The lowest BCUT2D eigenvalue weighted by atomic mass is 9.77. The van der Waals surface area contributed by atoms with Crippen LogP contribution in [0, 0.1) is 5.41 Å². The lowest BCUT2D eigenvalue weighted by Gasteiger charge is -2.43. The van der Waals surface area contributed by atoms with E-state index in [-0.39, 0.29) is 18.5 Å². The number of ether oxygens (including phenoxy) is 3. The number of carbonyl (C=O) groups is 2. The Balaban J connectivity index is 1.69. The van der Waals surface area contributed by atoms with E-state index < -0.39 is 11.4 Å². The Morgan fingerprint density at radius 1 is 0.972 bits per heavy atom. The van der Waals surface area contributed by atoms with Crippen molar-refractivity contribution >= 4 is 35.1 Å². The third-order valence-corrected chi connectivity index (χ3v) is 7.06. The van der Waals surface area contributed by atoms with Gasteiger partial charge in [0.15, 0.2) is 0 Å². The SMILES string of the molecule is COc1ccc(CN2C(=O)C(C)(C(=O)Oc3cccc(Cl)c3)CCC2c2ccc(Cl)cc2)c(OC)c1.